The molecule has 0 unspecified atom stereocenters. The van der Waals surface area contributed by atoms with Crippen molar-refractivity contribution in [2.24, 2.45) is 0 Å². The summed E-state index contributed by atoms with van der Waals surface area (Å²) in [6.45, 7) is 5.34. The fraction of sp³-hybridized carbons (Fsp3) is 0.312. The van der Waals surface area contributed by atoms with Crippen molar-refractivity contribution >= 4 is 28.8 Å². The predicted octanol–water partition coefficient (Wildman–Crippen LogP) is 2.84. The molecule has 1 heterocycles. The summed E-state index contributed by atoms with van der Waals surface area (Å²) in [5.74, 6) is -0.117. The van der Waals surface area contributed by atoms with Crippen molar-refractivity contribution in [3.05, 3.63) is 35.3 Å². The third-order valence-corrected chi connectivity index (χ3v) is 3.74. The number of amides is 2. The zero-order chi connectivity index (χ0) is 16.1. The van der Waals surface area contributed by atoms with Crippen LogP contribution in [0.2, 0.25) is 0 Å². The summed E-state index contributed by atoms with van der Waals surface area (Å²) in [5.41, 5.74) is 2.49. The van der Waals surface area contributed by atoms with Crippen LogP contribution in [0.3, 0.4) is 0 Å². The van der Waals surface area contributed by atoms with Gasteiger partial charge in [-0.3, -0.25) is 9.59 Å². The predicted molar refractivity (Wildman–Crippen MR) is 88.8 cm³/mol. The quantitative estimate of drug-likeness (QED) is 0.891. The van der Waals surface area contributed by atoms with Gasteiger partial charge in [-0.15, -0.1) is 11.3 Å². The molecule has 0 aliphatic carbocycles. The van der Waals surface area contributed by atoms with Crippen LogP contribution < -0.4 is 10.6 Å². The van der Waals surface area contributed by atoms with Crippen LogP contribution in [0.25, 0.3) is 10.6 Å². The van der Waals surface area contributed by atoms with E-state index >= 15 is 0 Å². The molecule has 1 aromatic heterocycles. The van der Waals surface area contributed by atoms with Crippen LogP contribution in [0.15, 0.2) is 29.6 Å². The summed E-state index contributed by atoms with van der Waals surface area (Å²) in [5, 5.41) is 8.34. The van der Waals surface area contributed by atoms with Crippen LogP contribution in [0.1, 0.15) is 26.5 Å². The van der Waals surface area contributed by atoms with E-state index in [0.717, 1.165) is 22.0 Å². The van der Waals surface area contributed by atoms with E-state index < -0.39 is 0 Å². The van der Waals surface area contributed by atoms with Gasteiger partial charge in [0, 0.05) is 29.6 Å². The average molecular weight is 317 g/mol. The molecule has 2 rings (SSSR count). The van der Waals surface area contributed by atoms with Gasteiger partial charge < -0.3 is 10.6 Å². The maximum atomic E-state index is 11.7. The van der Waals surface area contributed by atoms with E-state index in [-0.39, 0.29) is 17.9 Å². The Labute approximate surface area is 133 Å². The van der Waals surface area contributed by atoms with Crippen molar-refractivity contribution in [3.8, 4) is 10.6 Å². The van der Waals surface area contributed by atoms with Crippen LogP contribution in [0, 0.1) is 0 Å². The van der Waals surface area contributed by atoms with Crippen LogP contribution >= 0.6 is 11.3 Å². The Morgan fingerprint density at radius 1 is 1.23 bits per heavy atom. The van der Waals surface area contributed by atoms with Gasteiger partial charge in [-0.1, -0.05) is 0 Å². The molecule has 0 saturated carbocycles. The van der Waals surface area contributed by atoms with E-state index in [2.05, 4.69) is 15.6 Å². The highest BCUT2D eigenvalue weighted by Gasteiger charge is 2.10. The lowest BCUT2D eigenvalue weighted by Crippen LogP contribution is -2.31. The molecule has 0 spiro atoms. The molecule has 0 saturated heterocycles. The number of carbonyl (C=O) groups excluding carboxylic acids is 2. The summed E-state index contributed by atoms with van der Waals surface area (Å²) in [6, 6.07) is 7.61. The number of aromatic nitrogens is 1. The minimum atomic E-state index is -0.0968. The minimum absolute atomic E-state index is 0.0205. The van der Waals surface area contributed by atoms with E-state index in [1.807, 2.05) is 43.5 Å². The number of carbonyl (C=O) groups is 2. The van der Waals surface area contributed by atoms with Crippen LogP contribution in [-0.2, 0) is 16.0 Å². The highest BCUT2D eigenvalue weighted by Crippen LogP contribution is 2.25. The second kappa shape index (κ2) is 7.17. The average Bonchev–Trinajstić information content (AvgIpc) is 2.86. The number of hydrogen-bond acceptors (Lipinski definition) is 4. The smallest absolute Gasteiger partial charge is 0.226 e. The lowest BCUT2D eigenvalue weighted by molar-refractivity contribution is -0.121. The van der Waals surface area contributed by atoms with Gasteiger partial charge in [0.05, 0.1) is 12.1 Å². The van der Waals surface area contributed by atoms with Crippen LogP contribution in [0.4, 0.5) is 5.69 Å². The van der Waals surface area contributed by atoms with Gasteiger partial charge in [0.25, 0.3) is 0 Å². The first kappa shape index (κ1) is 16.2. The molecule has 2 amide bonds. The molecule has 0 radical (unpaired) electrons. The van der Waals surface area contributed by atoms with E-state index in [4.69, 9.17) is 0 Å². The maximum absolute atomic E-state index is 11.7. The lowest BCUT2D eigenvalue weighted by atomic mass is 10.2. The Morgan fingerprint density at radius 3 is 2.50 bits per heavy atom. The Hall–Kier alpha value is -2.21. The van der Waals surface area contributed by atoms with Gasteiger partial charge in [-0.05, 0) is 38.1 Å². The van der Waals surface area contributed by atoms with Crippen molar-refractivity contribution in [1.82, 2.24) is 10.3 Å². The molecular formula is C16H19N3O2S. The van der Waals surface area contributed by atoms with Gasteiger partial charge in [-0.25, -0.2) is 4.98 Å². The van der Waals surface area contributed by atoms with Crippen LogP contribution in [0.5, 0.6) is 0 Å². The SMILES string of the molecule is CC(=O)Nc1ccc(-c2nc(CC(=O)NC(C)C)cs2)cc1. The number of thiazole rings is 1. The first-order chi connectivity index (χ1) is 10.4. The highest BCUT2D eigenvalue weighted by molar-refractivity contribution is 7.13. The van der Waals surface area contributed by atoms with Crippen molar-refractivity contribution in [2.45, 2.75) is 33.2 Å². The molecule has 6 heteroatoms. The third-order valence-electron chi connectivity index (χ3n) is 2.80. The summed E-state index contributed by atoms with van der Waals surface area (Å²) in [4.78, 5) is 27.2. The first-order valence-electron chi connectivity index (χ1n) is 7.06. The molecule has 1 aromatic carbocycles. The molecule has 5 nitrogen and oxygen atoms in total. The third kappa shape index (κ3) is 4.66. The number of nitrogens with zero attached hydrogens (tertiary/aromatic N) is 1. The van der Waals surface area contributed by atoms with Crippen molar-refractivity contribution in [3.63, 3.8) is 0 Å². The highest BCUT2D eigenvalue weighted by atomic mass is 32.1. The van der Waals surface area contributed by atoms with Gasteiger partial charge >= 0.3 is 0 Å². The monoisotopic (exact) mass is 317 g/mol. The van der Waals surface area contributed by atoms with E-state index in [1.165, 1.54) is 18.3 Å². The fourth-order valence-electron chi connectivity index (χ4n) is 1.96. The van der Waals surface area contributed by atoms with E-state index in [0.29, 0.717) is 6.42 Å². The van der Waals surface area contributed by atoms with Gasteiger partial charge in [0.2, 0.25) is 11.8 Å². The molecule has 22 heavy (non-hydrogen) atoms. The minimum Gasteiger partial charge on any atom is -0.354 e. The Morgan fingerprint density at radius 2 is 1.91 bits per heavy atom. The molecule has 116 valence electrons. The molecule has 0 aliphatic heterocycles. The largest absolute Gasteiger partial charge is 0.354 e. The molecule has 0 atom stereocenters. The molecule has 0 bridgehead atoms. The molecule has 2 aromatic rings. The number of anilines is 1. The van der Waals surface area contributed by atoms with Gasteiger partial charge in [0.15, 0.2) is 0 Å². The van der Waals surface area contributed by atoms with Crippen molar-refractivity contribution in [1.29, 1.82) is 0 Å². The number of hydrogen-bond donors (Lipinski definition) is 2. The molecule has 0 aliphatic rings. The van der Waals surface area contributed by atoms with Crippen LogP contribution in [-0.4, -0.2) is 22.8 Å². The zero-order valence-corrected chi connectivity index (χ0v) is 13.7. The van der Waals surface area contributed by atoms with E-state index in [9.17, 15) is 9.59 Å². The molecule has 0 fully saturated rings. The lowest BCUT2D eigenvalue weighted by Gasteiger charge is -2.06. The van der Waals surface area contributed by atoms with E-state index in [1.54, 1.807) is 0 Å². The maximum Gasteiger partial charge on any atom is 0.226 e. The number of rotatable bonds is 5. The fourth-order valence-corrected chi connectivity index (χ4v) is 2.78. The van der Waals surface area contributed by atoms with Crippen molar-refractivity contribution < 1.29 is 9.59 Å². The zero-order valence-electron chi connectivity index (χ0n) is 12.8. The first-order valence-corrected chi connectivity index (χ1v) is 7.94. The second-order valence-electron chi connectivity index (χ2n) is 5.30. The Kier molecular flexibility index (Phi) is 5.27. The number of nitrogens with one attached hydrogen (secondary N) is 2. The topological polar surface area (TPSA) is 71.1 Å². The molecular weight excluding hydrogens is 298 g/mol. The Balaban J connectivity index is 2.04. The summed E-state index contributed by atoms with van der Waals surface area (Å²) < 4.78 is 0. The summed E-state index contributed by atoms with van der Waals surface area (Å²) in [7, 11) is 0. The van der Waals surface area contributed by atoms with Gasteiger partial charge in [-0.2, -0.15) is 0 Å². The summed E-state index contributed by atoms with van der Waals surface area (Å²) >= 11 is 1.50. The summed E-state index contributed by atoms with van der Waals surface area (Å²) in [6.07, 6.45) is 0.290. The normalized spacial score (nSPS) is 10.5. The standard InChI is InChI=1S/C16H19N3O2S/c1-10(2)17-15(21)8-14-9-22-16(19-14)12-4-6-13(7-5-12)18-11(3)20/h4-7,9-10H,8H2,1-3H3,(H,17,21)(H,18,20). The van der Waals surface area contributed by atoms with Gasteiger partial charge in [0.1, 0.15) is 5.01 Å². The van der Waals surface area contributed by atoms with Crippen molar-refractivity contribution in [2.75, 3.05) is 5.32 Å². The number of benzene rings is 1. The second-order valence-corrected chi connectivity index (χ2v) is 6.16. The Bertz CT molecular complexity index is 662. The molecule has 2 N–H and O–H groups in total.